The first-order chi connectivity index (χ1) is 15.4. The van der Waals surface area contributed by atoms with Crippen LogP contribution in [-0.2, 0) is 25.6 Å². The van der Waals surface area contributed by atoms with E-state index in [0.29, 0.717) is 5.56 Å². The lowest BCUT2D eigenvalue weighted by Crippen LogP contribution is -2.61. The number of benzene rings is 1. The van der Waals surface area contributed by atoms with E-state index in [4.69, 9.17) is 5.73 Å². The van der Waals surface area contributed by atoms with Crippen LogP contribution in [0.25, 0.3) is 0 Å². The fourth-order valence-electron chi connectivity index (χ4n) is 2.67. The number of carbonyl (C=O) groups is 4. The van der Waals surface area contributed by atoms with Crippen LogP contribution in [0.2, 0.25) is 0 Å². The average Bonchev–Trinajstić information content (AvgIpc) is 2.75. The highest BCUT2D eigenvalue weighted by Crippen LogP contribution is 2.12. The van der Waals surface area contributed by atoms with Gasteiger partial charge < -0.3 is 47.2 Å². The Morgan fingerprint density at radius 3 is 1.88 bits per heavy atom. The molecule has 6 atom stereocenters. The molecule has 0 radical (unpaired) electrons. The number of nitrogens with two attached hydrogens (primary N) is 1. The summed E-state index contributed by atoms with van der Waals surface area (Å²) in [6.45, 7) is 1.55. The Morgan fingerprint density at radius 1 is 0.879 bits per heavy atom. The van der Waals surface area contributed by atoms with Crippen molar-refractivity contribution in [2.24, 2.45) is 5.73 Å². The molecule has 1 rings (SSSR count). The summed E-state index contributed by atoms with van der Waals surface area (Å²) in [7, 11) is 0. The fraction of sp³-hybridized carbons (Fsp3) is 0.500. The average molecular weight is 470 g/mol. The number of aliphatic hydroxyl groups is 3. The predicted molar refractivity (Wildman–Crippen MR) is 114 cm³/mol. The molecule has 0 aliphatic carbocycles. The van der Waals surface area contributed by atoms with Crippen molar-refractivity contribution in [1.82, 2.24) is 16.0 Å². The van der Waals surface area contributed by atoms with Crippen molar-refractivity contribution in [2.45, 2.75) is 56.6 Å². The minimum atomic E-state index is -1.62. The number of carbonyl (C=O) groups excluding carboxylic acids is 3. The third-order valence-corrected chi connectivity index (χ3v) is 4.69. The Balaban J connectivity index is 2.88. The first-order valence-electron chi connectivity index (χ1n) is 10.0. The van der Waals surface area contributed by atoms with Crippen LogP contribution in [0.1, 0.15) is 19.4 Å². The molecule has 13 heteroatoms. The number of aliphatic carboxylic acids is 1. The zero-order valence-corrected chi connectivity index (χ0v) is 18.1. The van der Waals surface area contributed by atoms with E-state index in [0.717, 1.165) is 0 Å². The summed E-state index contributed by atoms with van der Waals surface area (Å²) >= 11 is 0. The van der Waals surface area contributed by atoms with Crippen molar-refractivity contribution >= 4 is 23.7 Å². The Morgan fingerprint density at radius 2 is 1.42 bits per heavy atom. The third-order valence-electron chi connectivity index (χ3n) is 4.69. The van der Waals surface area contributed by atoms with Gasteiger partial charge in [0.05, 0.1) is 18.8 Å². The van der Waals surface area contributed by atoms with Gasteiger partial charge in [-0.25, -0.2) is 4.79 Å². The van der Waals surface area contributed by atoms with Gasteiger partial charge in [0.2, 0.25) is 17.7 Å². The molecule has 0 spiro atoms. The van der Waals surface area contributed by atoms with Crippen molar-refractivity contribution in [3.05, 3.63) is 29.8 Å². The molecule has 184 valence electrons. The molecule has 0 bridgehead atoms. The van der Waals surface area contributed by atoms with E-state index in [9.17, 15) is 44.7 Å². The number of phenolic OH excluding ortho intramolecular Hbond substituents is 1. The fourth-order valence-corrected chi connectivity index (χ4v) is 2.67. The number of phenols is 1. The van der Waals surface area contributed by atoms with Gasteiger partial charge in [-0.15, -0.1) is 0 Å². The van der Waals surface area contributed by atoms with Crippen LogP contribution in [0.15, 0.2) is 24.3 Å². The molecule has 0 aromatic heterocycles. The first-order valence-corrected chi connectivity index (χ1v) is 10.0. The van der Waals surface area contributed by atoms with Crippen molar-refractivity contribution in [3.63, 3.8) is 0 Å². The summed E-state index contributed by atoms with van der Waals surface area (Å²) in [5, 5.41) is 54.0. The maximum atomic E-state index is 12.6. The van der Waals surface area contributed by atoms with Crippen LogP contribution >= 0.6 is 0 Å². The highest BCUT2D eigenvalue weighted by Gasteiger charge is 2.33. The van der Waals surface area contributed by atoms with Gasteiger partial charge in [0, 0.05) is 6.42 Å². The first kappa shape index (κ1) is 27.8. The smallest absolute Gasteiger partial charge is 0.326 e. The second-order valence-corrected chi connectivity index (χ2v) is 7.51. The SMILES string of the molecule is CC(O)C(N)C(=O)NC(CO)C(=O)NC(C(=O)NC(Cc1ccc(O)cc1)C(=O)O)C(C)O. The Labute approximate surface area is 189 Å². The third kappa shape index (κ3) is 8.65. The Bertz CT molecular complexity index is 829. The Kier molecular flexibility index (Phi) is 10.7. The van der Waals surface area contributed by atoms with Crippen LogP contribution in [0, 0.1) is 0 Å². The van der Waals surface area contributed by atoms with E-state index in [1.165, 1.54) is 38.1 Å². The highest BCUT2D eigenvalue weighted by atomic mass is 16.4. The van der Waals surface area contributed by atoms with E-state index in [1.807, 2.05) is 0 Å². The van der Waals surface area contributed by atoms with Crippen LogP contribution in [0.5, 0.6) is 5.75 Å². The van der Waals surface area contributed by atoms with Gasteiger partial charge in [-0.05, 0) is 31.5 Å². The molecule has 3 amide bonds. The van der Waals surface area contributed by atoms with Crippen LogP contribution in [0.3, 0.4) is 0 Å². The molecule has 0 aliphatic rings. The molecular formula is C20H30N4O9. The Hall–Kier alpha value is -3.26. The molecule has 1 aromatic carbocycles. The topological polar surface area (TPSA) is 232 Å². The minimum absolute atomic E-state index is 0.0218. The van der Waals surface area contributed by atoms with Crippen molar-refractivity contribution in [1.29, 1.82) is 0 Å². The quantitative estimate of drug-likeness (QED) is 0.147. The molecule has 0 heterocycles. The summed E-state index contributed by atoms with van der Waals surface area (Å²) in [6, 6.07) is -0.324. The molecule has 10 N–H and O–H groups in total. The van der Waals surface area contributed by atoms with Crippen LogP contribution < -0.4 is 21.7 Å². The molecule has 0 aliphatic heterocycles. The lowest BCUT2D eigenvalue weighted by molar-refractivity contribution is -0.143. The number of hydrogen-bond acceptors (Lipinski definition) is 9. The van der Waals surface area contributed by atoms with Gasteiger partial charge in [0.15, 0.2) is 0 Å². The van der Waals surface area contributed by atoms with Gasteiger partial charge in [-0.2, -0.15) is 0 Å². The van der Waals surface area contributed by atoms with E-state index in [-0.39, 0.29) is 12.2 Å². The largest absolute Gasteiger partial charge is 0.508 e. The molecule has 33 heavy (non-hydrogen) atoms. The lowest BCUT2D eigenvalue weighted by atomic mass is 10.0. The van der Waals surface area contributed by atoms with E-state index in [1.54, 1.807) is 0 Å². The van der Waals surface area contributed by atoms with Gasteiger partial charge in [0.25, 0.3) is 0 Å². The lowest BCUT2D eigenvalue weighted by Gasteiger charge is -2.26. The number of carboxylic acid groups (broad SMARTS) is 1. The van der Waals surface area contributed by atoms with E-state index < -0.39 is 66.7 Å². The summed E-state index contributed by atoms with van der Waals surface area (Å²) in [5.74, 6) is -4.40. The van der Waals surface area contributed by atoms with E-state index >= 15 is 0 Å². The zero-order chi connectivity index (χ0) is 25.3. The van der Waals surface area contributed by atoms with Gasteiger partial charge in [-0.3, -0.25) is 14.4 Å². The standard InChI is InChI=1S/C20H30N4O9/c1-9(26)15(21)18(30)23-14(8-25)17(29)24-16(10(2)27)19(31)22-13(20(32)33)7-11-3-5-12(28)6-4-11/h3-6,9-10,13-16,25-28H,7-8,21H2,1-2H3,(H,22,31)(H,23,30)(H,24,29)(H,32,33). The normalized spacial score (nSPS) is 16.4. The monoisotopic (exact) mass is 470 g/mol. The molecule has 0 saturated heterocycles. The molecule has 1 aromatic rings. The number of nitrogens with one attached hydrogen (secondary N) is 3. The summed E-state index contributed by atoms with van der Waals surface area (Å²) in [5.41, 5.74) is 5.96. The minimum Gasteiger partial charge on any atom is -0.508 e. The predicted octanol–water partition coefficient (Wildman–Crippen LogP) is -3.45. The van der Waals surface area contributed by atoms with Crippen molar-refractivity contribution in [2.75, 3.05) is 6.61 Å². The second kappa shape index (κ2) is 12.7. The van der Waals surface area contributed by atoms with Gasteiger partial charge >= 0.3 is 5.97 Å². The van der Waals surface area contributed by atoms with Gasteiger partial charge in [0.1, 0.15) is 29.9 Å². The molecule has 13 nitrogen and oxygen atoms in total. The molecule has 0 fully saturated rings. The number of carboxylic acids is 1. The van der Waals surface area contributed by atoms with Crippen molar-refractivity contribution in [3.8, 4) is 5.75 Å². The van der Waals surface area contributed by atoms with Gasteiger partial charge in [-0.1, -0.05) is 12.1 Å². The summed E-state index contributed by atoms with van der Waals surface area (Å²) < 4.78 is 0. The molecule has 6 unspecified atom stereocenters. The van der Waals surface area contributed by atoms with Crippen LogP contribution in [-0.4, -0.2) is 92.2 Å². The number of aliphatic hydroxyl groups excluding tert-OH is 3. The highest BCUT2D eigenvalue weighted by molar-refractivity contribution is 5.94. The summed E-state index contributed by atoms with van der Waals surface area (Å²) in [4.78, 5) is 48.6. The number of aromatic hydroxyl groups is 1. The second-order valence-electron chi connectivity index (χ2n) is 7.51. The molecular weight excluding hydrogens is 440 g/mol. The van der Waals surface area contributed by atoms with Crippen LogP contribution in [0.4, 0.5) is 0 Å². The van der Waals surface area contributed by atoms with E-state index in [2.05, 4.69) is 16.0 Å². The number of hydrogen-bond donors (Lipinski definition) is 9. The zero-order valence-electron chi connectivity index (χ0n) is 18.1. The maximum Gasteiger partial charge on any atom is 0.326 e. The number of amides is 3. The van der Waals surface area contributed by atoms with Crippen molar-refractivity contribution < 1.29 is 44.7 Å². The molecule has 0 saturated carbocycles. The summed E-state index contributed by atoms with van der Waals surface area (Å²) in [6.07, 6.45) is -2.84. The maximum absolute atomic E-state index is 12.6. The number of rotatable bonds is 12.